The number of hydrogen-bond donors (Lipinski definition) is 1. The lowest BCUT2D eigenvalue weighted by Crippen LogP contribution is -2.51. The number of piperidine rings is 1. The number of likely N-dealkylation sites (N-methyl/N-ethyl adjacent to an activating group) is 1. The fourth-order valence-electron chi connectivity index (χ4n) is 3.33. The fraction of sp³-hybridized carbons (Fsp3) is 0.706. The Bertz CT molecular complexity index is 511. The zero-order valence-electron chi connectivity index (χ0n) is 13.3. The number of hydrogen-bond acceptors (Lipinski definition) is 3. The van der Waals surface area contributed by atoms with Crippen LogP contribution in [0.15, 0.2) is 16.5 Å². The van der Waals surface area contributed by atoms with E-state index in [1.54, 1.807) is 4.90 Å². The van der Waals surface area contributed by atoms with E-state index in [1.165, 1.54) is 6.42 Å². The van der Waals surface area contributed by atoms with Crippen LogP contribution in [0.25, 0.3) is 0 Å². The minimum atomic E-state index is -0.0402. The summed E-state index contributed by atoms with van der Waals surface area (Å²) in [6.07, 6.45) is 3.52. The van der Waals surface area contributed by atoms with Crippen LogP contribution >= 0.6 is 0 Å². The Labute approximate surface area is 126 Å². The van der Waals surface area contributed by atoms with E-state index in [4.69, 9.17) is 4.42 Å². The molecule has 2 aliphatic rings. The van der Waals surface area contributed by atoms with Crippen molar-refractivity contribution in [3.8, 4) is 0 Å². The van der Waals surface area contributed by atoms with Crippen LogP contribution in [-0.4, -0.2) is 30.4 Å². The second-order valence-corrected chi connectivity index (χ2v) is 6.87. The summed E-state index contributed by atoms with van der Waals surface area (Å²) in [5.41, 5.74) is 0. The summed E-state index contributed by atoms with van der Waals surface area (Å²) < 4.78 is 5.90. The standard InChI is InChI=1S/C17H26N2O2/c1-11-5-4-8-18-16(11)17(20)19(3)10-13-6-7-15(21-13)14-9-12(14)2/h6-7,11-12,14,16,18H,4-5,8-10H2,1-3H3. The molecule has 1 aliphatic carbocycles. The van der Waals surface area contributed by atoms with Crippen LogP contribution in [0.5, 0.6) is 0 Å². The van der Waals surface area contributed by atoms with Gasteiger partial charge in [-0.25, -0.2) is 0 Å². The normalized spacial score (nSPS) is 32.0. The third-order valence-corrected chi connectivity index (χ3v) is 4.96. The van der Waals surface area contributed by atoms with E-state index in [2.05, 4.69) is 25.2 Å². The van der Waals surface area contributed by atoms with Gasteiger partial charge < -0.3 is 14.6 Å². The lowest BCUT2D eigenvalue weighted by atomic mass is 9.92. The quantitative estimate of drug-likeness (QED) is 0.927. The SMILES string of the molecule is CC1CCCNC1C(=O)N(C)Cc1ccc(C2CC2C)o1. The Kier molecular flexibility index (Phi) is 4.07. The van der Waals surface area contributed by atoms with E-state index in [0.29, 0.717) is 18.4 Å². The average molecular weight is 290 g/mol. The average Bonchev–Trinajstić information content (AvgIpc) is 3.01. The van der Waals surface area contributed by atoms with Gasteiger partial charge in [-0.15, -0.1) is 0 Å². The summed E-state index contributed by atoms with van der Waals surface area (Å²) >= 11 is 0. The number of carbonyl (C=O) groups is 1. The van der Waals surface area contributed by atoms with Crippen molar-refractivity contribution in [2.45, 2.75) is 51.6 Å². The molecule has 2 fully saturated rings. The molecule has 1 N–H and O–H groups in total. The van der Waals surface area contributed by atoms with Gasteiger partial charge in [-0.2, -0.15) is 0 Å². The van der Waals surface area contributed by atoms with Crippen molar-refractivity contribution in [3.63, 3.8) is 0 Å². The van der Waals surface area contributed by atoms with Gasteiger partial charge in [0.1, 0.15) is 11.5 Å². The smallest absolute Gasteiger partial charge is 0.240 e. The maximum absolute atomic E-state index is 12.5. The molecule has 2 heterocycles. The molecule has 0 aromatic carbocycles. The Balaban J connectivity index is 1.58. The summed E-state index contributed by atoms with van der Waals surface area (Å²) in [5, 5.41) is 3.35. The van der Waals surface area contributed by atoms with Gasteiger partial charge in [0.15, 0.2) is 0 Å². The third kappa shape index (κ3) is 3.15. The van der Waals surface area contributed by atoms with Gasteiger partial charge in [0.25, 0.3) is 0 Å². The lowest BCUT2D eigenvalue weighted by molar-refractivity contribution is -0.134. The molecule has 1 amide bonds. The maximum atomic E-state index is 12.5. The van der Waals surface area contributed by atoms with E-state index in [0.717, 1.165) is 36.8 Å². The summed E-state index contributed by atoms with van der Waals surface area (Å²) in [4.78, 5) is 14.3. The highest BCUT2D eigenvalue weighted by atomic mass is 16.3. The van der Waals surface area contributed by atoms with Crippen LogP contribution in [0, 0.1) is 11.8 Å². The van der Waals surface area contributed by atoms with E-state index < -0.39 is 0 Å². The first-order chi connectivity index (χ1) is 10.1. The minimum Gasteiger partial charge on any atom is -0.464 e. The van der Waals surface area contributed by atoms with Crippen LogP contribution in [0.3, 0.4) is 0 Å². The molecule has 4 nitrogen and oxygen atoms in total. The topological polar surface area (TPSA) is 45.5 Å². The van der Waals surface area contributed by atoms with Crippen molar-refractivity contribution in [1.29, 1.82) is 0 Å². The van der Waals surface area contributed by atoms with Crippen molar-refractivity contribution in [2.75, 3.05) is 13.6 Å². The molecule has 0 bridgehead atoms. The number of furan rings is 1. The third-order valence-electron chi connectivity index (χ3n) is 4.96. The lowest BCUT2D eigenvalue weighted by Gasteiger charge is -2.32. The van der Waals surface area contributed by atoms with Crippen molar-refractivity contribution in [2.24, 2.45) is 11.8 Å². The highest BCUT2D eigenvalue weighted by Crippen LogP contribution is 2.47. The van der Waals surface area contributed by atoms with Crippen LogP contribution in [-0.2, 0) is 11.3 Å². The van der Waals surface area contributed by atoms with Gasteiger partial charge in [-0.3, -0.25) is 4.79 Å². The van der Waals surface area contributed by atoms with Crippen LogP contribution < -0.4 is 5.32 Å². The van der Waals surface area contributed by atoms with E-state index in [1.807, 2.05) is 13.1 Å². The van der Waals surface area contributed by atoms with Gasteiger partial charge in [0.2, 0.25) is 5.91 Å². The Hall–Kier alpha value is -1.29. The molecule has 3 rings (SSSR count). The van der Waals surface area contributed by atoms with Crippen LogP contribution in [0.1, 0.15) is 50.5 Å². The Morgan fingerprint density at radius 2 is 2.14 bits per heavy atom. The van der Waals surface area contributed by atoms with Gasteiger partial charge in [0, 0.05) is 13.0 Å². The van der Waals surface area contributed by atoms with E-state index in [9.17, 15) is 4.79 Å². The van der Waals surface area contributed by atoms with Gasteiger partial charge in [0.05, 0.1) is 12.6 Å². The summed E-state index contributed by atoms with van der Waals surface area (Å²) in [7, 11) is 1.87. The fourth-order valence-corrected chi connectivity index (χ4v) is 3.33. The molecule has 0 radical (unpaired) electrons. The zero-order valence-corrected chi connectivity index (χ0v) is 13.3. The van der Waals surface area contributed by atoms with Crippen molar-refractivity contribution in [1.82, 2.24) is 10.2 Å². The largest absolute Gasteiger partial charge is 0.464 e. The van der Waals surface area contributed by atoms with E-state index >= 15 is 0 Å². The van der Waals surface area contributed by atoms with Gasteiger partial charge in [-0.05, 0) is 49.8 Å². The Morgan fingerprint density at radius 3 is 2.81 bits per heavy atom. The minimum absolute atomic E-state index is 0.0402. The summed E-state index contributed by atoms with van der Waals surface area (Å²) in [6.45, 7) is 5.91. The predicted octanol–water partition coefficient (Wildman–Crippen LogP) is 2.75. The predicted molar refractivity (Wildman–Crippen MR) is 81.9 cm³/mol. The number of nitrogens with one attached hydrogen (secondary N) is 1. The number of nitrogens with zero attached hydrogens (tertiary/aromatic N) is 1. The number of carbonyl (C=O) groups excluding carboxylic acids is 1. The first kappa shape index (κ1) is 14.6. The zero-order chi connectivity index (χ0) is 15.0. The maximum Gasteiger partial charge on any atom is 0.240 e. The second-order valence-electron chi connectivity index (χ2n) is 6.87. The molecule has 21 heavy (non-hydrogen) atoms. The molecular weight excluding hydrogens is 264 g/mol. The van der Waals surface area contributed by atoms with Crippen LogP contribution in [0.2, 0.25) is 0 Å². The van der Waals surface area contributed by atoms with Gasteiger partial charge >= 0.3 is 0 Å². The number of amides is 1. The van der Waals surface area contributed by atoms with Crippen LogP contribution in [0.4, 0.5) is 0 Å². The first-order valence-electron chi connectivity index (χ1n) is 8.13. The molecule has 1 aliphatic heterocycles. The van der Waals surface area contributed by atoms with Crippen molar-refractivity contribution >= 4 is 5.91 Å². The molecular formula is C17H26N2O2. The summed E-state index contributed by atoms with van der Waals surface area (Å²) in [6, 6.07) is 4.05. The number of rotatable bonds is 4. The molecule has 4 heteroatoms. The first-order valence-corrected chi connectivity index (χ1v) is 8.13. The second kappa shape index (κ2) is 5.84. The summed E-state index contributed by atoms with van der Waals surface area (Å²) in [5.74, 6) is 3.91. The molecule has 4 unspecified atom stereocenters. The molecule has 116 valence electrons. The highest BCUT2D eigenvalue weighted by molar-refractivity contribution is 5.82. The molecule has 1 aromatic heterocycles. The van der Waals surface area contributed by atoms with E-state index in [-0.39, 0.29) is 11.9 Å². The van der Waals surface area contributed by atoms with Crippen molar-refractivity contribution in [3.05, 3.63) is 23.7 Å². The molecule has 1 saturated heterocycles. The molecule has 0 spiro atoms. The Morgan fingerprint density at radius 1 is 1.38 bits per heavy atom. The highest BCUT2D eigenvalue weighted by Gasteiger charge is 2.36. The molecule has 1 saturated carbocycles. The van der Waals surface area contributed by atoms with Gasteiger partial charge in [-0.1, -0.05) is 13.8 Å². The molecule has 4 atom stereocenters. The molecule has 1 aromatic rings. The monoisotopic (exact) mass is 290 g/mol. The van der Waals surface area contributed by atoms with Crippen molar-refractivity contribution < 1.29 is 9.21 Å².